The summed E-state index contributed by atoms with van der Waals surface area (Å²) in [4.78, 5) is 10.3. The van der Waals surface area contributed by atoms with Crippen molar-refractivity contribution in [3.8, 4) is 0 Å². The maximum absolute atomic E-state index is 13.0. The molecule has 0 saturated heterocycles. The van der Waals surface area contributed by atoms with E-state index in [1.165, 1.54) is 13.0 Å². The quantitative estimate of drug-likeness (QED) is 0.812. The fourth-order valence-electron chi connectivity index (χ4n) is 1.20. The SMILES string of the molecule is Cc1c(F)cc(F)cc1CCC(=O)O. The first-order chi connectivity index (χ1) is 6.50. The Morgan fingerprint density at radius 1 is 1.43 bits per heavy atom. The van der Waals surface area contributed by atoms with Gasteiger partial charge in [-0.2, -0.15) is 0 Å². The topological polar surface area (TPSA) is 37.3 Å². The maximum Gasteiger partial charge on any atom is 0.303 e. The third-order valence-electron chi connectivity index (χ3n) is 2.02. The second-order valence-corrected chi connectivity index (χ2v) is 3.07. The minimum atomic E-state index is -0.978. The number of aliphatic carboxylic acids is 1. The van der Waals surface area contributed by atoms with E-state index in [2.05, 4.69) is 0 Å². The van der Waals surface area contributed by atoms with Crippen LogP contribution in [0.25, 0.3) is 0 Å². The third-order valence-corrected chi connectivity index (χ3v) is 2.02. The Labute approximate surface area is 80.2 Å². The fourth-order valence-corrected chi connectivity index (χ4v) is 1.20. The first-order valence-corrected chi connectivity index (χ1v) is 4.17. The van der Waals surface area contributed by atoms with Gasteiger partial charge in [-0.15, -0.1) is 0 Å². The van der Waals surface area contributed by atoms with Gasteiger partial charge in [-0.1, -0.05) is 0 Å². The Hall–Kier alpha value is -1.45. The van der Waals surface area contributed by atoms with E-state index >= 15 is 0 Å². The summed E-state index contributed by atoms with van der Waals surface area (Å²) in [6.45, 7) is 1.51. The van der Waals surface area contributed by atoms with E-state index in [1.54, 1.807) is 0 Å². The lowest BCUT2D eigenvalue weighted by atomic mass is 10.0. The lowest BCUT2D eigenvalue weighted by molar-refractivity contribution is -0.136. The molecule has 1 rings (SSSR count). The highest BCUT2D eigenvalue weighted by atomic mass is 19.1. The van der Waals surface area contributed by atoms with E-state index in [9.17, 15) is 13.6 Å². The van der Waals surface area contributed by atoms with E-state index in [0.29, 0.717) is 11.1 Å². The number of carboxylic acid groups (broad SMARTS) is 1. The van der Waals surface area contributed by atoms with Crippen molar-refractivity contribution >= 4 is 5.97 Å². The Morgan fingerprint density at radius 2 is 2.07 bits per heavy atom. The standard InChI is InChI=1S/C10H10F2O2/c1-6-7(2-3-10(13)14)4-8(11)5-9(6)12/h4-5H,2-3H2,1H3,(H,13,14). The molecular formula is C10H10F2O2. The van der Waals surface area contributed by atoms with E-state index in [1.807, 2.05) is 0 Å². The van der Waals surface area contributed by atoms with Gasteiger partial charge in [0.2, 0.25) is 0 Å². The molecule has 0 radical (unpaired) electrons. The Morgan fingerprint density at radius 3 is 2.64 bits per heavy atom. The number of carboxylic acids is 1. The molecule has 2 nitrogen and oxygen atoms in total. The van der Waals surface area contributed by atoms with Crippen LogP contribution in [0, 0.1) is 18.6 Å². The third kappa shape index (κ3) is 2.52. The van der Waals surface area contributed by atoms with Crippen LogP contribution in [0.1, 0.15) is 17.5 Å². The summed E-state index contributed by atoms with van der Waals surface area (Å²) in [5, 5.41) is 8.42. The molecule has 0 saturated carbocycles. The number of hydrogen-bond donors (Lipinski definition) is 1. The molecular weight excluding hydrogens is 190 g/mol. The Kier molecular flexibility index (Phi) is 3.17. The molecule has 0 fully saturated rings. The minimum Gasteiger partial charge on any atom is -0.481 e. The van der Waals surface area contributed by atoms with Crippen molar-refractivity contribution in [2.75, 3.05) is 0 Å². The Bertz CT molecular complexity index is 361. The van der Waals surface area contributed by atoms with Gasteiger partial charge in [-0.25, -0.2) is 8.78 Å². The fraction of sp³-hybridized carbons (Fsp3) is 0.300. The monoisotopic (exact) mass is 200 g/mol. The number of benzene rings is 1. The van der Waals surface area contributed by atoms with Crippen LogP contribution < -0.4 is 0 Å². The van der Waals surface area contributed by atoms with Crippen LogP contribution in [0.4, 0.5) is 8.78 Å². The average molecular weight is 200 g/mol. The molecule has 0 aliphatic rings. The zero-order valence-corrected chi connectivity index (χ0v) is 7.68. The number of rotatable bonds is 3. The lowest BCUT2D eigenvalue weighted by Gasteiger charge is -2.05. The van der Waals surface area contributed by atoms with Crippen LogP contribution in [0.15, 0.2) is 12.1 Å². The molecule has 4 heteroatoms. The zero-order valence-electron chi connectivity index (χ0n) is 7.68. The van der Waals surface area contributed by atoms with Gasteiger partial charge in [-0.05, 0) is 30.5 Å². The second-order valence-electron chi connectivity index (χ2n) is 3.07. The summed E-state index contributed by atoms with van der Waals surface area (Å²) in [5.41, 5.74) is 0.720. The van der Waals surface area contributed by atoms with Gasteiger partial charge in [0.15, 0.2) is 0 Å². The predicted octanol–water partition coefficient (Wildman–Crippen LogP) is 2.29. The van der Waals surface area contributed by atoms with Gasteiger partial charge >= 0.3 is 5.97 Å². The summed E-state index contributed by atoms with van der Waals surface area (Å²) in [6.07, 6.45) is 0.0274. The highest BCUT2D eigenvalue weighted by Gasteiger charge is 2.08. The van der Waals surface area contributed by atoms with Crippen molar-refractivity contribution in [3.63, 3.8) is 0 Å². The molecule has 1 aromatic carbocycles. The maximum atomic E-state index is 13.0. The van der Waals surface area contributed by atoms with Crippen molar-refractivity contribution < 1.29 is 18.7 Å². The summed E-state index contributed by atoms with van der Waals surface area (Å²) >= 11 is 0. The van der Waals surface area contributed by atoms with Gasteiger partial charge in [0.1, 0.15) is 11.6 Å². The van der Waals surface area contributed by atoms with Crippen molar-refractivity contribution in [3.05, 3.63) is 34.9 Å². The van der Waals surface area contributed by atoms with Crippen LogP contribution in [0.5, 0.6) is 0 Å². The van der Waals surface area contributed by atoms with Crippen LogP contribution >= 0.6 is 0 Å². The molecule has 0 heterocycles. The summed E-state index contributed by atoms with van der Waals surface area (Å²) < 4.78 is 25.7. The zero-order chi connectivity index (χ0) is 10.7. The van der Waals surface area contributed by atoms with E-state index in [4.69, 9.17) is 5.11 Å². The summed E-state index contributed by atoms with van der Waals surface area (Å²) in [5.74, 6) is -2.28. The van der Waals surface area contributed by atoms with Gasteiger partial charge in [0.05, 0.1) is 0 Å². The molecule has 14 heavy (non-hydrogen) atoms. The van der Waals surface area contributed by atoms with Crippen molar-refractivity contribution in [2.45, 2.75) is 19.8 Å². The van der Waals surface area contributed by atoms with Crippen molar-refractivity contribution in [1.82, 2.24) is 0 Å². The summed E-state index contributed by atoms with van der Waals surface area (Å²) in [6, 6.07) is 1.96. The average Bonchev–Trinajstić information content (AvgIpc) is 2.08. The molecule has 0 aliphatic heterocycles. The highest BCUT2D eigenvalue weighted by molar-refractivity contribution is 5.67. The molecule has 76 valence electrons. The van der Waals surface area contributed by atoms with Crippen LogP contribution in [-0.4, -0.2) is 11.1 Å². The minimum absolute atomic E-state index is 0.121. The Balaban J connectivity index is 2.90. The lowest BCUT2D eigenvalue weighted by Crippen LogP contribution is -2.01. The molecule has 0 aliphatic carbocycles. The molecule has 0 amide bonds. The number of hydrogen-bond acceptors (Lipinski definition) is 1. The number of halogens is 2. The molecule has 1 aromatic rings. The van der Waals surface area contributed by atoms with Gasteiger partial charge in [0.25, 0.3) is 0 Å². The molecule has 0 unspecified atom stereocenters. The molecule has 0 spiro atoms. The van der Waals surface area contributed by atoms with E-state index in [-0.39, 0.29) is 12.8 Å². The van der Waals surface area contributed by atoms with Crippen LogP contribution in [0.2, 0.25) is 0 Å². The van der Waals surface area contributed by atoms with Crippen molar-refractivity contribution in [1.29, 1.82) is 0 Å². The van der Waals surface area contributed by atoms with Gasteiger partial charge in [-0.3, -0.25) is 4.79 Å². The molecule has 0 bridgehead atoms. The molecule has 1 N–H and O–H groups in total. The van der Waals surface area contributed by atoms with E-state index in [0.717, 1.165) is 6.07 Å². The van der Waals surface area contributed by atoms with Crippen LogP contribution in [-0.2, 0) is 11.2 Å². The molecule has 0 atom stereocenters. The summed E-state index contributed by atoms with van der Waals surface area (Å²) in [7, 11) is 0. The molecule has 0 aromatic heterocycles. The first-order valence-electron chi connectivity index (χ1n) is 4.17. The second kappa shape index (κ2) is 4.17. The van der Waals surface area contributed by atoms with Crippen LogP contribution in [0.3, 0.4) is 0 Å². The van der Waals surface area contributed by atoms with E-state index < -0.39 is 17.6 Å². The smallest absolute Gasteiger partial charge is 0.303 e. The van der Waals surface area contributed by atoms with Gasteiger partial charge < -0.3 is 5.11 Å². The van der Waals surface area contributed by atoms with Gasteiger partial charge in [0, 0.05) is 12.5 Å². The highest BCUT2D eigenvalue weighted by Crippen LogP contribution is 2.16. The largest absolute Gasteiger partial charge is 0.481 e. The first kappa shape index (κ1) is 10.6. The number of aryl methyl sites for hydroxylation is 1. The van der Waals surface area contributed by atoms with Crippen molar-refractivity contribution in [2.24, 2.45) is 0 Å². The number of carbonyl (C=O) groups is 1. The normalized spacial score (nSPS) is 10.2. The predicted molar refractivity (Wildman–Crippen MR) is 47.1 cm³/mol.